The van der Waals surface area contributed by atoms with Gasteiger partial charge in [0, 0.05) is 65.3 Å². The number of hydrogen-bond donors (Lipinski definition) is 5. The molecule has 5 N–H and O–H groups in total. The summed E-state index contributed by atoms with van der Waals surface area (Å²) in [6, 6.07) is 23.4. The summed E-state index contributed by atoms with van der Waals surface area (Å²) in [5, 5.41) is 37.1. The van der Waals surface area contributed by atoms with Crippen molar-refractivity contribution in [3.8, 4) is 22.5 Å². The van der Waals surface area contributed by atoms with E-state index in [-0.39, 0.29) is 10.7 Å². The number of anilines is 3. The summed E-state index contributed by atoms with van der Waals surface area (Å²) in [5.41, 5.74) is 5.14. The van der Waals surface area contributed by atoms with E-state index in [1.165, 1.54) is 0 Å². The lowest BCUT2D eigenvalue weighted by atomic mass is 9.80. The van der Waals surface area contributed by atoms with E-state index in [2.05, 4.69) is 34.4 Å². The van der Waals surface area contributed by atoms with Crippen LogP contribution in [0, 0.1) is 0 Å². The van der Waals surface area contributed by atoms with Crippen LogP contribution in [0.2, 0.25) is 0 Å². The van der Waals surface area contributed by atoms with Gasteiger partial charge in [-0.3, -0.25) is 4.99 Å². The smallest absolute Gasteiger partial charge is 0.478 e. The second-order valence-corrected chi connectivity index (χ2v) is 10.5. The molecule has 5 rings (SSSR count). The van der Waals surface area contributed by atoms with Gasteiger partial charge in [0.25, 0.3) is 0 Å². The average molecular weight is 609 g/mol. The van der Waals surface area contributed by atoms with Crippen molar-refractivity contribution in [2.24, 2.45) is 4.99 Å². The van der Waals surface area contributed by atoms with Crippen molar-refractivity contribution in [2.45, 2.75) is 20.8 Å². The molecular formula is C33H33BN4O5S. The first-order valence-electron chi connectivity index (χ1n) is 14.4. The first kappa shape index (κ1) is 30.7. The number of aromatic carboxylic acids is 1. The highest BCUT2D eigenvalue weighted by Gasteiger charge is 2.23. The van der Waals surface area contributed by atoms with Gasteiger partial charge in [0.2, 0.25) is 0 Å². The molecule has 9 nitrogen and oxygen atoms in total. The molecule has 0 unspecified atom stereocenters. The van der Waals surface area contributed by atoms with Gasteiger partial charge < -0.3 is 35.1 Å². The molecule has 1 aliphatic heterocycles. The molecule has 0 spiro atoms. The normalized spacial score (nSPS) is 11.5. The van der Waals surface area contributed by atoms with Crippen LogP contribution in [-0.4, -0.2) is 53.0 Å². The number of thiocarbonyl (C=S) groups is 1. The van der Waals surface area contributed by atoms with Crippen molar-refractivity contribution >= 4 is 63.9 Å². The molecule has 224 valence electrons. The standard InChI is InChI=1S/C33H33BN4O5S/c1-4-35-21-10-14-26-29(18-21)43-30-19-24(38(5-2)6-3)12-15-27(30)31(26)25-13-11-23(17-28(25)32(39)40)37-33(44)36-22-9-7-8-20(16-22)34(41)42/h7-19,41-42H,4-6H2,1-3H3,(H,39,40)(H2,36,37,44). The fourth-order valence-electron chi connectivity index (χ4n) is 5.31. The first-order valence-corrected chi connectivity index (χ1v) is 14.8. The molecule has 0 amide bonds. The number of nitrogens with zero attached hydrogens (tertiary/aromatic N) is 2. The number of carboxylic acids is 1. The number of fused-ring (bicyclic) bond motifs is 2. The minimum Gasteiger partial charge on any atom is -0.478 e. The van der Waals surface area contributed by atoms with Crippen LogP contribution in [0.4, 0.5) is 17.1 Å². The highest BCUT2D eigenvalue weighted by molar-refractivity contribution is 7.80. The average Bonchev–Trinajstić information content (AvgIpc) is 3.00. The Hall–Kier alpha value is -4.71. The molecule has 1 heterocycles. The summed E-state index contributed by atoms with van der Waals surface area (Å²) in [7, 11) is -1.61. The lowest BCUT2D eigenvalue weighted by Crippen LogP contribution is -2.30. The van der Waals surface area contributed by atoms with Gasteiger partial charge in [-0.15, -0.1) is 0 Å². The molecule has 44 heavy (non-hydrogen) atoms. The van der Waals surface area contributed by atoms with E-state index in [9.17, 15) is 19.9 Å². The summed E-state index contributed by atoms with van der Waals surface area (Å²) in [5.74, 6) is -0.482. The van der Waals surface area contributed by atoms with Crippen molar-refractivity contribution in [3.05, 3.63) is 89.8 Å². The second kappa shape index (κ2) is 13.3. The molecule has 3 aromatic carbocycles. The van der Waals surface area contributed by atoms with Gasteiger partial charge in [0.15, 0.2) is 5.11 Å². The van der Waals surface area contributed by atoms with Crippen molar-refractivity contribution in [2.75, 3.05) is 35.2 Å². The third-order valence-corrected chi connectivity index (χ3v) is 7.58. The highest BCUT2D eigenvalue weighted by atomic mass is 32.1. The van der Waals surface area contributed by atoms with Gasteiger partial charge in [-0.25, -0.2) is 4.79 Å². The fourth-order valence-corrected chi connectivity index (χ4v) is 5.55. The summed E-state index contributed by atoms with van der Waals surface area (Å²) >= 11 is 5.46. The number of nitrogens with one attached hydrogen (secondary N) is 2. The fraction of sp³-hybridized carbons (Fsp3) is 0.182. The predicted octanol–water partition coefficient (Wildman–Crippen LogP) is 5.16. The zero-order valence-corrected chi connectivity index (χ0v) is 25.5. The van der Waals surface area contributed by atoms with Crippen molar-refractivity contribution < 1.29 is 24.4 Å². The summed E-state index contributed by atoms with van der Waals surface area (Å²) in [4.78, 5) is 19.4. The maximum absolute atomic E-state index is 12.7. The summed E-state index contributed by atoms with van der Waals surface area (Å²) < 4.78 is 6.43. The summed E-state index contributed by atoms with van der Waals surface area (Å²) in [6.07, 6.45) is 0. The van der Waals surface area contributed by atoms with E-state index < -0.39 is 13.1 Å². The molecule has 0 radical (unpaired) electrons. The lowest BCUT2D eigenvalue weighted by Gasteiger charge is -2.23. The van der Waals surface area contributed by atoms with Crippen LogP contribution in [0.5, 0.6) is 0 Å². The Bertz CT molecular complexity index is 1890. The third kappa shape index (κ3) is 6.45. The highest BCUT2D eigenvalue weighted by Crippen LogP contribution is 2.42. The molecule has 0 bridgehead atoms. The van der Waals surface area contributed by atoms with Gasteiger partial charge in [0.05, 0.1) is 10.9 Å². The van der Waals surface area contributed by atoms with Gasteiger partial charge in [-0.2, -0.15) is 0 Å². The maximum Gasteiger partial charge on any atom is 0.488 e. The van der Waals surface area contributed by atoms with Crippen LogP contribution >= 0.6 is 12.2 Å². The monoisotopic (exact) mass is 608 g/mol. The molecule has 0 saturated heterocycles. The number of rotatable bonds is 9. The Morgan fingerprint density at radius 1 is 0.909 bits per heavy atom. The van der Waals surface area contributed by atoms with Crippen LogP contribution in [0.25, 0.3) is 33.4 Å². The molecule has 1 aliphatic carbocycles. The minimum absolute atomic E-state index is 0.0899. The molecule has 3 aromatic rings. The number of benzene rings is 4. The molecule has 0 saturated carbocycles. The number of hydrogen-bond acceptors (Lipinski definition) is 7. The molecular weight excluding hydrogens is 575 g/mol. The van der Waals surface area contributed by atoms with E-state index in [0.29, 0.717) is 40.3 Å². The largest absolute Gasteiger partial charge is 0.488 e. The molecule has 0 fully saturated rings. The van der Waals surface area contributed by atoms with Crippen LogP contribution in [-0.2, 0) is 0 Å². The zero-order valence-electron chi connectivity index (χ0n) is 24.7. The van der Waals surface area contributed by atoms with E-state index in [1.54, 1.807) is 42.5 Å². The topological polar surface area (TPSA) is 131 Å². The first-order chi connectivity index (χ1) is 21.2. The predicted molar refractivity (Wildman–Crippen MR) is 181 cm³/mol. The lowest BCUT2D eigenvalue weighted by molar-refractivity contribution is 0.0697. The number of carboxylic acid groups (broad SMARTS) is 1. The van der Waals surface area contributed by atoms with Gasteiger partial charge in [0.1, 0.15) is 11.3 Å². The van der Waals surface area contributed by atoms with Gasteiger partial charge in [-0.05, 0) is 92.5 Å². The number of carbonyl (C=O) groups is 1. The van der Waals surface area contributed by atoms with E-state index >= 15 is 0 Å². The quantitative estimate of drug-likeness (QED) is 0.0876. The second-order valence-electron chi connectivity index (χ2n) is 10.1. The summed E-state index contributed by atoms with van der Waals surface area (Å²) in [6.45, 7) is 8.47. The van der Waals surface area contributed by atoms with Crippen LogP contribution in [0.3, 0.4) is 0 Å². The SMILES string of the molecule is CCN=c1ccc2c(-c3ccc(NC(=S)Nc4cccc(B(O)O)c4)cc3C(=O)O)c3ccc(N(CC)CC)cc3oc-2c1. The van der Waals surface area contributed by atoms with Crippen molar-refractivity contribution in [3.63, 3.8) is 0 Å². The Labute approximate surface area is 261 Å². The Balaban J connectivity index is 1.61. The maximum atomic E-state index is 12.7. The van der Waals surface area contributed by atoms with Gasteiger partial charge >= 0.3 is 13.1 Å². The molecule has 0 aromatic heterocycles. The molecule has 2 aliphatic rings. The van der Waals surface area contributed by atoms with Gasteiger partial charge in [-0.1, -0.05) is 18.2 Å². The molecule has 11 heteroatoms. The van der Waals surface area contributed by atoms with E-state index in [1.807, 2.05) is 43.3 Å². The Kier molecular flexibility index (Phi) is 9.29. The third-order valence-electron chi connectivity index (χ3n) is 7.38. The molecule has 0 atom stereocenters. The Morgan fingerprint density at radius 3 is 2.32 bits per heavy atom. The Morgan fingerprint density at radius 2 is 1.64 bits per heavy atom. The van der Waals surface area contributed by atoms with E-state index in [4.69, 9.17) is 16.6 Å². The van der Waals surface area contributed by atoms with Crippen LogP contribution in [0.15, 0.2) is 88.3 Å². The van der Waals surface area contributed by atoms with Crippen molar-refractivity contribution in [1.29, 1.82) is 0 Å². The van der Waals surface area contributed by atoms with Crippen molar-refractivity contribution in [1.82, 2.24) is 0 Å². The zero-order chi connectivity index (χ0) is 31.4. The minimum atomic E-state index is -1.61. The van der Waals surface area contributed by atoms with E-state index in [0.717, 1.165) is 40.6 Å². The van der Waals surface area contributed by atoms with Crippen LogP contribution in [0.1, 0.15) is 31.1 Å². The van der Waals surface area contributed by atoms with Crippen LogP contribution < -0.4 is 26.4 Å².